The Kier molecular flexibility index (Phi) is 9.97. The SMILES string of the molecule is C#Cc1ccc(C(=O)Oc2cc3c(cc2OC)Cc2cc(OC(=O)c4ccc(C#C)cc4)c(OC)cc2Cc2cc(OC)c(OC)cc2C3)cc1. The molecule has 0 aromatic heterocycles. The lowest BCUT2D eigenvalue weighted by molar-refractivity contribution is 0.0720. The van der Waals surface area contributed by atoms with E-state index in [1.807, 2.05) is 36.4 Å². The van der Waals surface area contributed by atoms with Crippen molar-refractivity contribution >= 4 is 11.9 Å². The maximum atomic E-state index is 13.2. The van der Waals surface area contributed by atoms with Crippen molar-refractivity contribution in [1.29, 1.82) is 0 Å². The largest absolute Gasteiger partial charge is 0.493 e. The van der Waals surface area contributed by atoms with Gasteiger partial charge in [0.2, 0.25) is 0 Å². The maximum absolute atomic E-state index is 13.2. The molecule has 0 saturated carbocycles. The third kappa shape index (κ3) is 7.22. The van der Waals surface area contributed by atoms with Crippen LogP contribution in [-0.4, -0.2) is 40.4 Å². The van der Waals surface area contributed by atoms with Gasteiger partial charge in [-0.15, -0.1) is 12.8 Å². The van der Waals surface area contributed by atoms with E-state index in [-0.39, 0.29) is 11.5 Å². The van der Waals surface area contributed by atoms with Crippen molar-refractivity contribution in [1.82, 2.24) is 0 Å². The Balaban J connectivity index is 1.46. The molecule has 254 valence electrons. The third-order valence-electron chi connectivity index (χ3n) is 8.80. The number of hydrogen-bond donors (Lipinski definition) is 0. The van der Waals surface area contributed by atoms with Gasteiger partial charge in [0.05, 0.1) is 39.6 Å². The monoisotopic (exact) mass is 678 g/mol. The van der Waals surface area contributed by atoms with E-state index in [1.54, 1.807) is 62.8 Å². The van der Waals surface area contributed by atoms with Crippen LogP contribution in [0.4, 0.5) is 0 Å². The van der Waals surface area contributed by atoms with Gasteiger partial charge in [0.25, 0.3) is 0 Å². The van der Waals surface area contributed by atoms with Crippen molar-refractivity contribution < 1.29 is 38.0 Å². The predicted octanol–water partition coefficient (Wildman–Crippen LogP) is 7.21. The van der Waals surface area contributed by atoms with Crippen molar-refractivity contribution in [3.8, 4) is 59.2 Å². The van der Waals surface area contributed by atoms with Gasteiger partial charge in [0.15, 0.2) is 34.5 Å². The lowest BCUT2D eigenvalue weighted by Gasteiger charge is -2.17. The number of benzene rings is 5. The Morgan fingerprint density at radius 1 is 0.451 bits per heavy atom. The number of hydrogen-bond acceptors (Lipinski definition) is 8. The predicted molar refractivity (Wildman–Crippen MR) is 193 cm³/mol. The summed E-state index contributed by atoms with van der Waals surface area (Å²) in [6.07, 6.45) is 12.4. The molecule has 0 unspecified atom stereocenters. The summed E-state index contributed by atoms with van der Waals surface area (Å²) >= 11 is 0. The smallest absolute Gasteiger partial charge is 0.343 e. The summed E-state index contributed by atoms with van der Waals surface area (Å²) in [5.74, 6) is 6.48. The first kappa shape index (κ1) is 34.2. The molecule has 0 heterocycles. The molecule has 1 aliphatic carbocycles. The van der Waals surface area contributed by atoms with Gasteiger partial charge < -0.3 is 28.4 Å². The number of carbonyl (C=O) groups is 2. The number of rotatable bonds is 8. The fourth-order valence-electron chi connectivity index (χ4n) is 6.06. The fraction of sp³-hybridized carbons (Fsp3) is 0.163. The second-order valence-electron chi connectivity index (χ2n) is 11.8. The molecular weight excluding hydrogens is 644 g/mol. The van der Waals surface area contributed by atoms with Crippen molar-refractivity contribution in [2.45, 2.75) is 19.3 Å². The Labute approximate surface area is 296 Å². The molecule has 6 rings (SSSR count). The molecule has 0 radical (unpaired) electrons. The van der Waals surface area contributed by atoms with Gasteiger partial charge in [-0.05, 0) is 138 Å². The molecule has 8 nitrogen and oxygen atoms in total. The summed E-state index contributed by atoms with van der Waals surface area (Å²) in [5.41, 5.74) is 7.64. The summed E-state index contributed by atoms with van der Waals surface area (Å²) in [4.78, 5) is 26.5. The van der Waals surface area contributed by atoms with Crippen LogP contribution in [-0.2, 0) is 19.3 Å². The standard InChI is InChI=1S/C43H34O8/c1-7-26-9-13-28(14-10-26)42(44)50-40-24-34-18-31-21-37(47-4)36(46-3)20-30(31)17-32-22-38(48-5)41(25-35(32)19-33(34)23-39(40)49-6)51-43(45)29-15-11-27(8-2)12-16-29/h1-2,9-16,20-25H,17-19H2,3-6H3. The van der Waals surface area contributed by atoms with Gasteiger partial charge in [-0.2, -0.15) is 0 Å². The van der Waals surface area contributed by atoms with E-state index in [1.165, 1.54) is 14.2 Å². The van der Waals surface area contributed by atoms with Crippen LogP contribution >= 0.6 is 0 Å². The number of ether oxygens (including phenoxy) is 6. The highest BCUT2D eigenvalue weighted by molar-refractivity contribution is 5.92. The number of carbonyl (C=O) groups excluding carboxylic acids is 2. The second-order valence-corrected chi connectivity index (χ2v) is 11.8. The summed E-state index contributed by atoms with van der Waals surface area (Å²) in [6, 6.07) is 24.6. The second kappa shape index (κ2) is 14.9. The Morgan fingerprint density at radius 3 is 0.961 bits per heavy atom. The molecule has 1 aliphatic rings. The molecule has 5 aromatic carbocycles. The Bertz CT molecular complexity index is 2140. The highest BCUT2D eigenvalue weighted by atomic mass is 16.6. The van der Waals surface area contributed by atoms with E-state index < -0.39 is 11.9 Å². The van der Waals surface area contributed by atoms with Crippen LogP contribution in [0.25, 0.3) is 0 Å². The lowest BCUT2D eigenvalue weighted by atomic mass is 9.94. The van der Waals surface area contributed by atoms with E-state index in [0.717, 1.165) is 33.4 Å². The highest BCUT2D eigenvalue weighted by Gasteiger charge is 2.24. The van der Waals surface area contributed by atoms with E-state index in [4.69, 9.17) is 41.3 Å². The molecule has 0 saturated heterocycles. The minimum Gasteiger partial charge on any atom is -0.493 e. The average molecular weight is 679 g/mol. The zero-order valence-electron chi connectivity index (χ0n) is 28.6. The van der Waals surface area contributed by atoms with Crippen LogP contribution in [0, 0.1) is 24.7 Å². The van der Waals surface area contributed by atoms with Crippen molar-refractivity contribution in [2.24, 2.45) is 0 Å². The fourth-order valence-corrected chi connectivity index (χ4v) is 6.06. The maximum Gasteiger partial charge on any atom is 0.343 e. The van der Waals surface area contributed by atoms with Crippen LogP contribution < -0.4 is 28.4 Å². The molecule has 0 spiro atoms. The summed E-state index contributed by atoms with van der Waals surface area (Å²) < 4.78 is 34.7. The molecule has 0 bridgehead atoms. The molecule has 8 heteroatoms. The number of fused-ring (bicyclic) bond motifs is 3. The molecule has 0 atom stereocenters. The van der Waals surface area contributed by atoms with Crippen molar-refractivity contribution in [3.05, 3.63) is 141 Å². The molecule has 0 fully saturated rings. The van der Waals surface area contributed by atoms with Gasteiger partial charge in [0.1, 0.15) is 0 Å². The molecule has 51 heavy (non-hydrogen) atoms. The molecule has 0 amide bonds. The molecule has 0 N–H and O–H groups in total. The average Bonchev–Trinajstić information content (AvgIpc) is 3.22. The van der Waals surface area contributed by atoms with Gasteiger partial charge >= 0.3 is 11.9 Å². The summed E-state index contributed by atoms with van der Waals surface area (Å²) in [5, 5.41) is 0. The van der Waals surface area contributed by atoms with Crippen molar-refractivity contribution in [2.75, 3.05) is 28.4 Å². The third-order valence-corrected chi connectivity index (χ3v) is 8.80. The van der Waals surface area contributed by atoms with E-state index >= 15 is 0 Å². The van der Waals surface area contributed by atoms with Gasteiger partial charge in [-0.1, -0.05) is 11.8 Å². The first-order valence-electron chi connectivity index (χ1n) is 16.0. The summed E-state index contributed by atoms with van der Waals surface area (Å²) in [7, 11) is 6.25. The lowest BCUT2D eigenvalue weighted by Crippen LogP contribution is -2.11. The zero-order chi connectivity index (χ0) is 36.1. The van der Waals surface area contributed by atoms with Crippen LogP contribution in [0.1, 0.15) is 65.2 Å². The molecule has 5 aromatic rings. The Morgan fingerprint density at radius 2 is 0.706 bits per heavy atom. The van der Waals surface area contributed by atoms with Crippen LogP contribution in [0.15, 0.2) is 84.9 Å². The minimum absolute atomic E-state index is 0.268. The highest BCUT2D eigenvalue weighted by Crippen LogP contribution is 2.41. The van der Waals surface area contributed by atoms with Gasteiger partial charge in [-0.3, -0.25) is 0 Å². The first-order chi connectivity index (χ1) is 24.8. The normalized spacial score (nSPS) is 11.4. The van der Waals surface area contributed by atoms with Crippen LogP contribution in [0.5, 0.6) is 34.5 Å². The van der Waals surface area contributed by atoms with E-state index in [0.29, 0.717) is 64.5 Å². The minimum atomic E-state index is -0.551. The first-order valence-corrected chi connectivity index (χ1v) is 16.0. The molecular formula is C43H34O8. The number of esters is 2. The van der Waals surface area contributed by atoms with Gasteiger partial charge in [-0.25, -0.2) is 9.59 Å². The summed E-state index contributed by atoms with van der Waals surface area (Å²) in [6.45, 7) is 0. The van der Waals surface area contributed by atoms with Crippen molar-refractivity contribution in [3.63, 3.8) is 0 Å². The number of terminal acetylenes is 2. The molecule has 0 aliphatic heterocycles. The van der Waals surface area contributed by atoms with E-state index in [9.17, 15) is 9.59 Å². The van der Waals surface area contributed by atoms with Gasteiger partial charge in [0, 0.05) is 11.1 Å². The number of methoxy groups -OCH3 is 4. The topological polar surface area (TPSA) is 89.5 Å². The van der Waals surface area contributed by atoms with Crippen LogP contribution in [0.2, 0.25) is 0 Å². The Hall–Kier alpha value is -6.64. The zero-order valence-corrected chi connectivity index (χ0v) is 28.6. The van der Waals surface area contributed by atoms with E-state index in [2.05, 4.69) is 11.8 Å². The van der Waals surface area contributed by atoms with Crippen LogP contribution in [0.3, 0.4) is 0 Å². The quantitative estimate of drug-likeness (QED) is 0.0949.